The lowest BCUT2D eigenvalue weighted by atomic mass is 10.2. The summed E-state index contributed by atoms with van der Waals surface area (Å²) in [5.41, 5.74) is 6.36. The van der Waals surface area contributed by atoms with Crippen LogP contribution in [0.4, 0.5) is 0 Å². The van der Waals surface area contributed by atoms with E-state index in [9.17, 15) is 0 Å². The molecule has 0 aliphatic carbocycles. The molecule has 0 radical (unpaired) electrons. The van der Waals surface area contributed by atoms with Crippen LogP contribution in [-0.4, -0.2) is 51.7 Å². The molecular weight excluding hydrogens is 278 g/mol. The summed E-state index contributed by atoms with van der Waals surface area (Å²) in [7, 11) is 1.64. The molecule has 0 saturated heterocycles. The number of methoxy groups -OCH3 is 1. The first kappa shape index (κ1) is 16.8. The highest BCUT2D eigenvalue weighted by molar-refractivity contribution is 7.80. The molecule has 0 fully saturated rings. The van der Waals surface area contributed by atoms with Crippen LogP contribution < -0.4 is 10.5 Å². The number of thiocarbonyl (C=S) groups is 1. The maximum absolute atomic E-state index is 5.62. The van der Waals surface area contributed by atoms with Gasteiger partial charge in [0, 0.05) is 7.11 Å². The van der Waals surface area contributed by atoms with Gasteiger partial charge < -0.3 is 24.7 Å². The van der Waals surface area contributed by atoms with Gasteiger partial charge in [-0.05, 0) is 12.1 Å². The lowest BCUT2D eigenvalue weighted by Crippen LogP contribution is -2.15. The van der Waals surface area contributed by atoms with Crippen molar-refractivity contribution in [3.63, 3.8) is 0 Å². The third-order valence-corrected chi connectivity index (χ3v) is 2.66. The average molecular weight is 299 g/mol. The van der Waals surface area contributed by atoms with E-state index in [4.69, 9.17) is 36.9 Å². The van der Waals surface area contributed by atoms with Crippen LogP contribution in [-0.2, 0) is 14.2 Å². The quantitative estimate of drug-likeness (QED) is 0.492. The van der Waals surface area contributed by atoms with Crippen LogP contribution in [0, 0.1) is 0 Å². The van der Waals surface area contributed by atoms with E-state index in [1.165, 1.54) is 0 Å². The zero-order valence-corrected chi connectivity index (χ0v) is 12.5. The molecule has 0 amide bonds. The van der Waals surface area contributed by atoms with Crippen molar-refractivity contribution in [3.05, 3.63) is 29.8 Å². The number of hydrogen-bond acceptors (Lipinski definition) is 5. The Hall–Kier alpha value is -1.21. The Balaban J connectivity index is 2.11. The molecule has 1 aromatic carbocycles. The van der Waals surface area contributed by atoms with E-state index in [1.807, 2.05) is 24.3 Å². The molecule has 0 aliphatic rings. The maximum Gasteiger partial charge on any atom is 0.129 e. The highest BCUT2D eigenvalue weighted by Crippen LogP contribution is 2.17. The van der Waals surface area contributed by atoms with Gasteiger partial charge in [-0.1, -0.05) is 24.4 Å². The van der Waals surface area contributed by atoms with Gasteiger partial charge in [-0.15, -0.1) is 0 Å². The van der Waals surface area contributed by atoms with Crippen molar-refractivity contribution in [3.8, 4) is 5.75 Å². The average Bonchev–Trinajstić information content (AvgIpc) is 2.46. The summed E-state index contributed by atoms with van der Waals surface area (Å²) >= 11 is 4.96. The Morgan fingerprint density at radius 2 is 1.60 bits per heavy atom. The number of hydrogen-bond donors (Lipinski definition) is 1. The predicted molar refractivity (Wildman–Crippen MR) is 81.3 cm³/mol. The minimum atomic E-state index is 0.327. The number of para-hydroxylation sites is 1. The molecule has 1 aromatic rings. The number of ether oxygens (including phenoxy) is 4. The smallest absolute Gasteiger partial charge is 0.129 e. The van der Waals surface area contributed by atoms with Crippen LogP contribution in [0.25, 0.3) is 0 Å². The Labute approximate surface area is 125 Å². The molecule has 5 nitrogen and oxygen atoms in total. The van der Waals surface area contributed by atoms with Gasteiger partial charge in [0.15, 0.2) is 0 Å². The first-order valence-electron chi connectivity index (χ1n) is 6.41. The van der Waals surface area contributed by atoms with E-state index in [-0.39, 0.29) is 0 Å². The third-order valence-electron chi connectivity index (χ3n) is 2.44. The van der Waals surface area contributed by atoms with Crippen LogP contribution in [0.15, 0.2) is 24.3 Å². The molecular formula is C14H21NO4S. The summed E-state index contributed by atoms with van der Waals surface area (Å²) in [6.45, 7) is 3.18. The minimum absolute atomic E-state index is 0.327. The zero-order chi connectivity index (χ0) is 14.6. The second-order valence-corrected chi connectivity index (χ2v) is 4.37. The van der Waals surface area contributed by atoms with Crippen LogP contribution >= 0.6 is 12.2 Å². The van der Waals surface area contributed by atoms with Crippen LogP contribution in [0.5, 0.6) is 5.75 Å². The standard InChI is InChI=1S/C14H21NO4S/c1-16-6-7-17-8-9-18-10-11-19-13-5-3-2-4-12(13)14(15)20/h2-5H,6-11H2,1H3,(H2,15,20). The SMILES string of the molecule is COCCOCCOCCOc1ccccc1C(N)=S. The molecule has 0 unspecified atom stereocenters. The highest BCUT2D eigenvalue weighted by Gasteiger charge is 2.04. The van der Waals surface area contributed by atoms with Gasteiger partial charge in [0.2, 0.25) is 0 Å². The fourth-order valence-corrected chi connectivity index (χ4v) is 1.64. The Morgan fingerprint density at radius 1 is 1.00 bits per heavy atom. The second kappa shape index (κ2) is 10.6. The van der Waals surface area contributed by atoms with Crippen LogP contribution in [0.2, 0.25) is 0 Å². The number of rotatable bonds is 11. The topological polar surface area (TPSA) is 62.9 Å². The molecule has 0 aromatic heterocycles. The van der Waals surface area contributed by atoms with Gasteiger partial charge in [-0.25, -0.2) is 0 Å². The van der Waals surface area contributed by atoms with Gasteiger partial charge in [0.25, 0.3) is 0 Å². The molecule has 2 N–H and O–H groups in total. The van der Waals surface area contributed by atoms with Gasteiger partial charge in [-0.2, -0.15) is 0 Å². The third kappa shape index (κ3) is 6.81. The molecule has 20 heavy (non-hydrogen) atoms. The lowest BCUT2D eigenvalue weighted by molar-refractivity contribution is 0.0179. The van der Waals surface area contributed by atoms with Crippen molar-refractivity contribution in [1.82, 2.24) is 0 Å². The van der Waals surface area contributed by atoms with E-state index in [1.54, 1.807) is 7.11 Å². The molecule has 0 saturated carbocycles. The van der Waals surface area contributed by atoms with Gasteiger partial charge in [0.1, 0.15) is 17.3 Å². The largest absolute Gasteiger partial charge is 0.490 e. The Morgan fingerprint density at radius 3 is 2.25 bits per heavy atom. The summed E-state index contributed by atoms with van der Waals surface area (Å²) in [6, 6.07) is 7.42. The molecule has 1 rings (SSSR count). The van der Waals surface area contributed by atoms with E-state index >= 15 is 0 Å². The van der Waals surface area contributed by atoms with Crippen molar-refractivity contribution in [2.75, 3.05) is 46.8 Å². The molecule has 6 heteroatoms. The van der Waals surface area contributed by atoms with E-state index in [0.29, 0.717) is 50.4 Å². The Kier molecular flexibility index (Phi) is 8.90. The van der Waals surface area contributed by atoms with Crippen LogP contribution in [0.3, 0.4) is 0 Å². The first-order chi connectivity index (χ1) is 9.75. The fourth-order valence-electron chi connectivity index (χ4n) is 1.47. The van der Waals surface area contributed by atoms with Gasteiger partial charge >= 0.3 is 0 Å². The molecule has 0 spiro atoms. The molecule has 0 aliphatic heterocycles. The summed E-state index contributed by atoms with van der Waals surface area (Å²) < 4.78 is 21.1. The van der Waals surface area contributed by atoms with Crippen molar-refractivity contribution in [2.24, 2.45) is 5.73 Å². The Bertz CT molecular complexity index is 401. The normalized spacial score (nSPS) is 10.4. The zero-order valence-electron chi connectivity index (χ0n) is 11.7. The van der Waals surface area contributed by atoms with Crippen LogP contribution in [0.1, 0.15) is 5.56 Å². The van der Waals surface area contributed by atoms with Crippen molar-refractivity contribution >= 4 is 17.2 Å². The van der Waals surface area contributed by atoms with Crippen molar-refractivity contribution < 1.29 is 18.9 Å². The number of benzene rings is 1. The number of nitrogens with two attached hydrogens (primary N) is 1. The monoisotopic (exact) mass is 299 g/mol. The fraction of sp³-hybridized carbons (Fsp3) is 0.500. The first-order valence-corrected chi connectivity index (χ1v) is 6.82. The second-order valence-electron chi connectivity index (χ2n) is 3.93. The maximum atomic E-state index is 5.62. The lowest BCUT2D eigenvalue weighted by Gasteiger charge is -2.10. The summed E-state index contributed by atoms with van der Waals surface area (Å²) in [5, 5.41) is 0. The molecule has 0 bridgehead atoms. The van der Waals surface area contributed by atoms with E-state index in [2.05, 4.69) is 0 Å². The van der Waals surface area contributed by atoms with Gasteiger partial charge in [-0.3, -0.25) is 0 Å². The highest BCUT2D eigenvalue weighted by atomic mass is 32.1. The molecule has 0 atom stereocenters. The predicted octanol–water partition coefficient (Wildman–Crippen LogP) is 1.38. The van der Waals surface area contributed by atoms with E-state index < -0.39 is 0 Å². The molecule has 0 heterocycles. The van der Waals surface area contributed by atoms with E-state index in [0.717, 1.165) is 5.56 Å². The van der Waals surface area contributed by atoms with Crippen molar-refractivity contribution in [1.29, 1.82) is 0 Å². The summed E-state index contributed by atoms with van der Waals surface area (Å²) in [6.07, 6.45) is 0. The van der Waals surface area contributed by atoms with Crippen molar-refractivity contribution in [2.45, 2.75) is 0 Å². The van der Waals surface area contributed by atoms with Gasteiger partial charge in [0.05, 0.1) is 38.6 Å². The molecule has 112 valence electrons. The summed E-state index contributed by atoms with van der Waals surface area (Å²) in [5.74, 6) is 0.681. The summed E-state index contributed by atoms with van der Waals surface area (Å²) in [4.78, 5) is 0.327. The minimum Gasteiger partial charge on any atom is -0.490 e.